The van der Waals surface area contributed by atoms with Gasteiger partial charge in [0.1, 0.15) is 0 Å². The molecule has 1 fully saturated rings. The molecule has 110 valence electrons. The Kier molecular flexibility index (Phi) is 3.75. The van der Waals surface area contributed by atoms with Gasteiger partial charge in [-0.2, -0.15) is 0 Å². The summed E-state index contributed by atoms with van der Waals surface area (Å²) in [7, 11) is 0. The third-order valence-corrected chi connectivity index (χ3v) is 4.03. The second-order valence-electron chi connectivity index (χ2n) is 5.69. The van der Waals surface area contributed by atoms with E-state index in [1.54, 1.807) is 12.5 Å². The van der Waals surface area contributed by atoms with Gasteiger partial charge < -0.3 is 15.2 Å². The minimum atomic E-state index is -0.469. The predicted octanol–water partition coefficient (Wildman–Crippen LogP) is 2.34. The zero-order valence-electron chi connectivity index (χ0n) is 12.2. The lowest BCUT2D eigenvalue weighted by Gasteiger charge is -2.33. The summed E-state index contributed by atoms with van der Waals surface area (Å²) < 4.78 is 1.91. The number of carbonyl (C=O) groups excluding carboxylic acids is 1. The normalized spacial score (nSPS) is 22.0. The fraction of sp³-hybridized carbons (Fsp3) is 0.375. The van der Waals surface area contributed by atoms with Crippen molar-refractivity contribution >= 4 is 11.6 Å². The van der Waals surface area contributed by atoms with Crippen molar-refractivity contribution in [1.29, 1.82) is 0 Å². The molecule has 0 aliphatic carbocycles. The third-order valence-electron chi connectivity index (χ3n) is 4.03. The number of nitrogens with one attached hydrogen (secondary N) is 2. The fourth-order valence-electron chi connectivity index (χ4n) is 2.68. The van der Waals surface area contributed by atoms with Crippen LogP contribution in [0.25, 0.3) is 5.69 Å². The van der Waals surface area contributed by atoms with Crippen LogP contribution in [0.15, 0.2) is 43.0 Å². The summed E-state index contributed by atoms with van der Waals surface area (Å²) in [4.78, 5) is 16.5. The molecule has 0 radical (unpaired) electrons. The molecule has 2 N–H and O–H groups in total. The van der Waals surface area contributed by atoms with Crippen LogP contribution in [0.4, 0.5) is 5.69 Å². The molecule has 2 aromatic rings. The summed E-state index contributed by atoms with van der Waals surface area (Å²) >= 11 is 0. The molecule has 2 heterocycles. The van der Waals surface area contributed by atoms with E-state index in [2.05, 4.69) is 15.6 Å². The molecule has 1 unspecified atom stereocenters. The Bertz CT molecular complexity index is 615. The Morgan fingerprint density at radius 3 is 3.05 bits per heavy atom. The number of benzene rings is 1. The van der Waals surface area contributed by atoms with E-state index in [1.807, 2.05) is 42.0 Å². The lowest BCUT2D eigenvalue weighted by Crippen LogP contribution is -2.54. The second-order valence-corrected chi connectivity index (χ2v) is 5.69. The molecule has 5 nitrogen and oxygen atoms in total. The molecule has 0 saturated carbocycles. The van der Waals surface area contributed by atoms with E-state index in [0.717, 1.165) is 37.2 Å². The average molecular weight is 284 g/mol. The van der Waals surface area contributed by atoms with Gasteiger partial charge in [0.05, 0.1) is 11.9 Å². The number of aromatic nitrogens is 2. The van der Waals surface area contributed by atoms with E-state index < -0.39 is 5.54 Å². The molecule has 1 aromatic carbocycles. The number of imidazole rings is 1. The maximum absolute atomic E-state index is 12.5. The smallest absolute Gasteiger partial charge is 0.244 e. The molecule has 1 aliphatic heterocycles. The van der Waals surface area contributed by atoms with Gasteiger partial charge >= 0.3 is 0 Å². The Balaban J connectivity index is 1.76. The SMILES string of the molecule is CC1(C(=O)Nc2cccc(-n3ccnc3)c2)CCCCN1. The molecule has 1 amide bonds. The van der Waals surface area contributed by atoms with Crippen molar-refractivity contribution < 1.29 is 4.79 Å². The number of piperidine rings is 1. The Labute approximate surface area is 124 Å². The van der Waals surface area contributed by atoms with E-state index in [9.17, 15) is 4.79 Å². The van der Waals surface area contributed by atoms with Crippen LogP contribution in [0.2, 0.25) is 0 Å². The first kappa shape index (κ1) is 13.8. The van der Waals surface area contributed by atoms with Gasteiger partial charge in [0.25, 0.3) is 0 Å². The quantitative estimate of drug-likeness (QED) is 0.909. The molecular weight excluding hydrogens is 264 g/mol. The van der Waals surface area contributed by atoms with Crippen LogP contribution in [-0.2, 0) is 4.79 Å². The van der Waals surface area contributed by atoms with E-state index in [0.29, 0.717) is 0 Å². The topological polar surface area (TPSA) is 59.0 Å². The summed E-state index contributed by atoms with van der Waals surface area (Å²) in [6.07, 6.45) is 8.46. The monoisotopic (exact) mass is 284 g/mol. The second kappa shape index (κ2) is 5.69. The van der Waals surface area contributed by atoms with E-state index >= 15 is 0 Å². The fourth-order valence-corrected chi connectivity index (χ4v) is 2.68. The lowest BCUT2D eigenvalue weighted by molar-refractivity contribution is -0.122. The van der Waals surface area contributed by atoms with Crippen molar-refractivity contribution in [2.75, 3.05) is 11.9 Å². The number of carbonyl (C=O) groups is 1. The average Bonchev–Trinajstić information content (AvgIpc) is 3.02. The third kappa shape index (κ3) is 2.97. The number of hydrogen-bond donors (Lipinski definition) is 2. The molecular formula is C16H20N4O. The van der Waals surface area contributed by atoms with Gasteiger partial charge in [0, 0.05) is 23.8 Å². The molecule has 1 aliphatic rings. The van der Waals surface area contributed by atoms with Crippen LogP contribution >= 0.6 is 0 Å². The highest BCUT2D eigenvalue weighted by atomic mass is 16.2. The molecule has 3 rings (SSSR count). The van der Waals surface area contributed by atoms with Crippen LogP contribution in [0.3, 0.4) is 0 Å². The minimum absolute atomic E-state index is 0.0324. The number of anilines is 1. The van der Waals surface area contributed by atoms with Crippen molar-refractivity contribution in [3.8, 4) is 5.69 Å². The molecule has 5 heteroatoms. The van der Waals surface area contributed by atoms with Crippen LogP contribution in [0, 0.1) is 0 Å². The first-order valence-electron chi connectivity index (χ1n) is 7.32. The van der Waals surface area contributed by atoms with Crippen molar-refractivity contribution in [2.24, 2.45) is 0 Å². The Hall–Kier alpha value is -2.14. The summed E-state index contributed by atoms with van der Waals surface area (Å²) in [6, 6.07) is 7.77. The molecule has 0 bridgehead atoms. The molecule has 1 atom stereocenters. The molecule has 1 aromatic heterocycles. The standard InChI is InChI=1S/C16H20N4O/c1-16(7-2-3-8-18-16)15(21)19-13-5-4-6-14(11-13)20-10-9-17-12-20/h4-6,9-12,18H,2-3,7-8H2,1H3,(H,19,21). The molecule has 1 saturated heterocycles. The summed E-state index contributed by atoms with van der Waals surface area (Å²) in [5.41, 5.74) is 1.32. The van der Waals surface area contributed by atoms with Gasteiger partial charge in [-0.05, 0) is 50.9 Å². The van der Waals surface area contributed by atoms with Crippen molar-refractivity contribution in [2.45, 2.75) is 31.7 Å². The predicted molar refractivity (Wildman–Crippen MR) is 82.5 cm³/mol. The van der Waals surface area contributed by atoms with Crippen LogP contribution in [-0.4, -0.2) is 27.5 Å². The van der Waals surface area contributed by atoms with Crippen molar-refractivity contribution in [1.82, 2.24) is 14.9 Å². The number of rotatable bonds is 3. The van der Waals surface area contributed by atoms with E-state index in [-0.39, 0.29) is 5.91 Å². The van der Waals surface area contributed by atoms with Gasteiger partial charge in [0.2, 0.25) is 5.91 Å². The van der Waals surface area contributed by atoms with Gasteiger partial charge in [-0.1, -0.05) is 6.07 Å². The maximum atomic E-state index is 12.5. The van der Waals surface area contributed by atoms with Crippen LogP contribution < -0.4 is 10.6 Å². The lowest BCUT2D eigenvalue weighted by atomic mass is 9.90. The number of nitrogens with zero attached hydrogens (tertiary/aromatic N) is 2. The zero-order valence-corrected chi connectivity index (χ0v) is 12.2. The Morgan fingerprint density at radius 1 is 1.43 bits per heavy atom. The van der Waals surface area contributed by atoms with Gasteiger partial charge in [-0.3, -0.25) is 4.79 Å². The molecule has 21 heavy (non-hydrogen) atoms. The highest BCUT2D eigenvalue weighted by Gasteiger charge is 2.34. The van der Waals surface area contributed by atoms with Crippen molar-refractivity contribution in [3.63, 3.8) is 0 Å². The van der Waals surface area contributed by atoms with Gasteiger partial charge in [0.15, 0.2) is 0 Å². The Morgan fingerprint density at radius 2 is 2.33 bits per heavy atom. The highest BCUT2D eigenvalue weighted by Crippen LogP contribution is 2.22. The van der Waals surface area contributed by atoms with Crippen LogP contribution in [0.1, 0.15) is 26.2 Å². The summed E-state index contributed by atoms with van der Waals surface area (Å²) in [5.74, 6) is 0.0324. The number of hydrogen-bond acceptors (Lipinski definition) is 3. The van der Waals surface area contributed by atoms with E-state index in [1.165, 1.54) is 0 Å². The zero-order chi connectivity index (χ0) is 14.7. The number of amides is 1. The summed E-state index contributed by atoms with van der Waals surface area (Å²) in [5, 5.41) is 6.35. The highest BCUT2D eigenvalue weighted by molar-refractivity contribution is 5.98. The van der Waals surface area contributed by atoms with Crippen molar-refractivity contribution in [3.05, 3.63) is 43.0 Å². The molecule has 0 spiro atoms. The van der Waals surface area contributed by atoms with Crippen LogP contribution in [0.5, 0.6) is 0 Å². The first-order chi connectivity index (χ1) is 10.2. The largest absolute Gasteiger partial charge is 0.324 e. The maximum Gasteiger partial charge on any atom is 0.244 e. The minimum Gasteiger partial charge on any atom is -0.324 e. The van der Waals surface area contributed by atoms with Gasteiger partial charge in [-0.15, -0.1) is 0 Å². The van der Waals surface area contributed by atoms with Gasteiger partial charge in [-0.25, -0.2) is 4.98 Å². The van der Waals surface area contributed by atoms with E-state index in [4.69, 9.17) is 0 Å². The first-order valence-corrected chi connectivity index (χ1v) is 7.32. The summed E-state index contributed by atoms with van der Waals surface area (Å²) in [6.45, 7) is 2.88.